The molecule has 0 amide bonds. The standard InChI is InChI=1S/C7H2BrF3N2/c8-6-5(7(9,10)11)1-4(2-12)3-13-6/h1,3H. The maximum Gasteiger partial charge on any atom is 0.419 e. The van der Waals surface area contributed by atoms with Crippen LogP contribution in [-0.2, 0) is 6.18 Å². The largest absolute Gasteiger partial charge is 0.419 e. The van der Waals surface area contributed by atoms with Crippen molar-refractivity contribution in [3.63, 3.8) is 0 Å². The normalized spacial score (nSPS) is 11.0. The monoisotopic (exact) mass is 250 g/mol. The SMILES string of the molecule is N#Cc1cnc(Br)c(C(F)(F)F)c1. The van der Waals surface area contributed by atoms with Crippen molar-refractivity contribution in [3.8, 4) is 6.07 Å². The summed E-state index contributed by atoms with van der Waals surface area (Å²) in [5, 5.41) is 8.35. The molecule has 0 aliphatic heterocycles. The average molecular weight is 251 g/mol. The van der Waals surface area contributed by atoms with Gasteiger partial charge in [-0.1, -0.05) is 0 Å². The highest BCUT2D eigenvalue weighted by Gasteiger charge is 2.33. The molecule has 0 aliphatic carbocycles. The van der Waals surface area contributed by atoms with Gasteiger partial charge < -0.3 is 0 Å². The maximum atomic E-state index is 12.2. The van der Waals surface area contributed by atoms with E-state index in [1.54, 1.807) is 6.07 Å². The quantitative estimate of drug-likeness (QED) is 0.664. The maximum absolute atomic E-state index is 12.2. The molecule has 0 aliphatic rings. The van der Waals surface area contributed by atoms with Crippen molar-refractivity contribution in [2.24, 2.45) is 0 Å². The van der Waals surface area contributed by atoms with Gasteiger partial charge in [0, 0.05) is 6.20 Å². The van der Waals surface area contributed by atoms with E-state index >= 15 is 0 Å². The van der Waals surface area contributed by atoms with Crippen LogP contribution in [0, 0.1) is 11.3 Å². The van der Waals surface area contributed by atoms with E-state index in [0.29, 0.717) is 0 Å². The molecule has 6 heteroatoms. The first kappa shape index (κ1) is 9.99. The number of hydrogen-bond acceptors (Lipinski definition) is 2. The van der Waals surface area contributed by atoms with Crippen LogP contribution in [0.3, 0.4) is 0 Å². The second-order valence-corrected chi connectivity index (χ2v) is 2.92. The smallest absolute Gasteiger partial charge is 0.247 e. The molecule has 0 spiro atoms. The van der Waals surface area contributed by atoms with Crippen molar-refractivity contribution in [1.82, 2.24) is 4.98 Å². The van der Waals surface area contributed by atoms with Gasteiger partial charge in [-0.15, -0.1) is 0 Å². The molecule has 13 heavy (non-hydrogen) atoms. The second-order valence-electron chi connectivity index (χ2n) is 2.17. The lowest BCUT2D eigenvalue weighted by Crippen LogP contribution is -2.07. The summed E-state index contributed by atoms with van der Waals surface area (Å²) in [4.78, 5) is 3.39. The Morgan fingerprint density at radius 3 is 2.54 bits per heavy atom. The van der Waals surface area contributed by atoms with Crippen molar-refractivity contribution in [3.05, 3.63) is 28.0 Å². The molecule has 0 unspecified atom stereocenters. The molecule has 0 radical (unpaired) electrons. The third-order valence-electron chi connectivity index (χ3n) is 1.27. The van der Waals surface area contributed by atoms with E-state index in [9.17, 15) is 13.2 Å². The lowest BCUT2D eigenvalue weighted by molar-refractivity contribution is -0.138. The summed E-state index contributed by atoms with van der Waals surface area (Å²) in [7, 11) is 0. The Morgan fingerprint density at radius 1 is 1.46 bits per heavy atom. The van der Waals surface area contributed by atoms with Gasteiger partial charge in [0.2, 0.25) is 0 Å². The highest BCUT2D eigenvalue weighted by Crippen LogP contribution is 2.33. The minimum Gasteiger partial charge on any atom is -0.247 e. The average Bonchev–Trinajstić information content (AvgIpc) is 2.03. The summed E-state index contributed by atoms with van der Waals surface area (Å²) in [5.74, 6) is 0. The zero-order valence-corrected chi connectivity index (χ0v) is 7.65. The molecular formula is C7H2BrF3N2. The zero-order chi connectivity index (χ0) is 10.1. The Morgan fingerprint density at radius 2 is 2.08 bits per heavy atom. The Hall–Kier alpha value is -1.09. The molecule has 0 saturated heterocycles. The molecule has 68 valence electrons. The first-order valence-electron chi connectivity index (χ1n) is 3.08. The van der Waals surface area contributed by atoms with Gasteiger partial charge in [-0.05, 0) is 22.0 Å². The number of hydrogen-bond donors (Lipinski definition) is 0. The predicted molar refractivity (Wildman–Crippen MR) is 41.7 cm³/mol. The van der Waals surface area contributed by atoms with Crippen LogP contribution in [0.4, 0.5) is 13.2 Å². The molecule has 0 aromatic carbocycles. The first-order chi connectivity index (χ1) is 5.95. The summed E-state index contributed by atoms with van der Waals surface area (Å²) < 4.78 is 36.3. The van der Waals surface area contributed by atoms with Crippen LogP contribution < -0.4 is 0 Å². The van der Waals surface area contributed by atoms with Crippen molar-refractivity contribution in [2.45, 2.75) is 6.18 Å². The fraction of sp³-hybridized carbons (Fsp3) is 0.143. The molecule has 0 saturated carbocycles. The van der Waals surface area contributed by atoms with Crippen LogP contribution >= 0.6 is 15.9 Å². The van der Waals surface area contributed by atoms with Gasteiger partial charge in [0.1, 0.15) is 10.7 Å². The van der Waals surface area contributed by atoms with Crippen LogP contribution in [0.25, 0.3) is 0 Å². The number of pyridine rings is 1. The molecule has 0 bridgehead atoms. The van der Waals surface area contributed by atoms with Gasteiger partial charge in [-0.3, -0.25) is 0 Å². The van der Waals surface area contributed by atoms with Gasteiger partial charge in [-0.2, -0.15) is 18.4 Å². The highest BCUT2D eigenvalue weighted by molar-refractivity contribution is 9.10. The number of nitrogens with zero attached hydrogens (tertiary/aromatic N) is 2. The first-order valence-corrected chi connectivity index (χ1v) is 3.87. The van der Waals surface area contributed by atoms with E-state index in [1.165, 1.54) is 0 Å². The molecule has 0 N–H and O–H groups in total. The van der Waals surface area contributed by atoms with E-state index in [1.807, 2.05) is 0 Å². The van der Waals surface area contributed by atoms with Gasteiger partial charge in [0.05, 0.1) is 11.1 Å². The zero-order valence-electron chi connectivity index (χ0n) is 6.06. The lowest BCUT2D eigenvalue weighted by atomic mass is 10.2. The molecule has 1 aromatic rings. The van der Waals surface area contributed by atoms with Crippen molar-refractivity contribution >= 4 is 15.9 Å². The highest BCUT2D eigenvalue weighted by atomic mass is 79.9. The topological polar surface area (TPSA) is 36.7 Å². The number of alkyl halides is 3. The Balaban J connectivity index is 3.29. The minimum atomic E-state index is -4.49. The number of halogens is 4. The number of rotatable bonds is 0. The Bertz CT molecular complexity index is 367. The van der Waals surface area contributed by atoms with Crippen molar-refractivity contribution < 1.29 is 13.2 Å². The van der Waals surface area contributed by atoms with Crippen LogP contribution in [0.1, 0.15) is 11.1 Å². The fourth-order valence-electron chi connectivity index (χ4n) is 0.708. The van der Waals surface area contributed by atoms with Crippen molar-refractivity contribution in [2.75, 3.05) is 0 Å². The predicted octanol–water partition coefficient (Wildman–Crippen LogP) is 2.73. The van der Waals surface area contributed by atoms with E-state index in [-0.39, 0.29) is 10.2 Å². The third kappa shape index (κ3) is 2.18. The summed E-state index contributed by atoms with van der Waals surface area (Å²) >= 11 is 2.65. The second kappa shape index (κ2) is 3.34. The third-order valence-corrected chi connectivity index (χ3v) is 1.91. The molecule has 2 nitrogen and oxygen atoms in total. The minimum absolute atomic E-state index is 0.115. The van der Waals surface area contributed by atoms with Crippen LogP contribution in [-0.4, -0.2) is 4.98 Å². The summed E-state index contributed by atoms with van der Waals surface area (Å²) in [6, 6.07) is 2.33. The fourth-order valence-corrected chi connectivity index (χ4v) is 1.15. The van der Waals surface area contributed by atoms with Gasteiger partial charge in [-0.25, -0.2) is 4.98 Å². The summed E-state index contributed by atoms with van der Waals surface area (Å²) in [6.07, 6.45) is -3.42. The molecule has 1 heterocycles. The Kier molecular flexibility index (Phi) is 2.57. The van der Waals surface area contributed by atoms with Gasteiger partial charge >= 0.3 is 6.18 Å². The van der Waals surface area contributed by atoms with E-state index in [0.717, 1.165) is 12.3 Å². The molecule has 0 fully saturated rings. The molecule has 1 rings (SSSR count). The summed E-state index contributed by atoms with van der Waals surface area (Å²) in [5.41, 5.74) is -1.05. The van der Waals surface area contributed by atoms with E-state index in [2.05, 4.69) is 20.9 Å². The van der Waals surface area contributed by atoms with Crippen LogP contribution in [0.5, 0.6) is 0 Å². The molecular weight excluding hydrogens is 249 g/mol. The lowest BCUT2D eigenvalue weighted by Gasteiger charge is -2.07. The molecule has 1 aromatic heterocycles. The van der Waals surface area contributed by atoms with E-state index < -0.39 is 11.7 Å². The van der Waals surface area contributed by atoms with Gasteiger partial charge in [0.15, 0.2) is 0 Å². The van der Waals surface area contributed by atoms with E-state index in [4.69, 9.17) is 5.26 Å². The molecule has 0 atom stereocenters. The van der Waals surface area contributed by atoms with Gasteiger partial charge in [0.25, 0.3) is 0 Å². The van der Waals surface area contributed by atoms with Crippen molar-refractivity contribution in [1.29, 1.82) is 5.26 Å². The number of aromatic nitrogens is 1. The van der Waals surface area contributed by atoms with Crippen LogP contribution in [0.15, 0.2) is 16.9 Å². The Labute approximate surface area is 80.1 Å². The van der Waals surface area contributed by atoms with Crippen LogP contribution in [0.2, 0.25) is 0 Å². The summed E-state index contributed by atoms with van der Waals surface area (Å²) in [6.45, 7) is 0. The number of nitriles is 1.